The minimum absolute atomic E-state index is 0.0198. The lowest BCUT2D eigenvalue weighted by molar-refractivity contribution is -0.115. The Kier molecular flexibility index (Phi) is 4.15. The number of hydrogen-bond acceptors (Lipinski definition) is 2. The van der Waals surface area contributed by atoms with E-state index in [2.05, 4.69) is 24.5 Å². The van der Waals surface area contributed by atoms with Gasteiger partial charge in [-0.15, -0.1) is 0 Å². The first-order chi connectivity index (χ1) is 11.0. The molecule has 0 atom stereocenters. The molecule has 0 saturated carbocycles. The molecule has 3 rings (SSSR count). The van der Waals surface area contributed by atoms with E-state index in [0.717, 1.165) is 16.8 Å². The third kappa shape index (κ3) is 3.42. The van der Waals surface area contributed by atoms with E-state index < -0.39 is 0 Å². The van der Waals surface area contributed by atoms with Gasteiger partial charge in [0, 0.05) is 17.8 Å². The summed E-state index contributed by atoms with van der Waals surface area (Å²) in [7, 11) is 0. The van der Waals surface area contributed by atoms with E-state index >= 15 is 0 Å². The molecular formula is C19H20N2O2. The monoisotopic (exact) mass is 308 g/mol. The van der Waals surface area contributed by atoms with Gasteiger partial charge < -0.3 is 10.6 Å². The molecule has 0 aromatic heterocycles. The molecule has 2 N–H and O–H groups in total. The van der Waals surface area contributed by atoms with Gasteiger partial charge in [0.05, 0.1) is 6.42 Å². The summed E-state index contributed by atoms with van der Waals surface area (Å²) in [5.41, 5.74) is 4.73. The molecule has 4 heteroatoms. The van der Waals surface area contributed by atoms with Crippen molar-refractivity contribution in [3.05, 3.63) is 64.7 Å². The highest BCUT2D eigenvalue weighted by atomic mass is 16.2. The summed E-state index contributed by atoms with van der Waals surface area (Å²) in [6.07, 6.45) is 0.411. The number of rotatable bonds is 4. The molecule has 0 saturated heterocycles. The quantitative estimate of drug-likeness (QED) is 0.911. The van der Waals surface area contributed by atoms with Crippen molar-refractivity contribution in [2.45, 2.75) is 32.7 Å². The highest BCUT2D eigenvalue weighted by Gasteiger charge is 2.17. The standard InChI is InChI=1S/C19H20N2O2/c1-12(2)14-4-6-15(7-5-14)19(23)20-11-13-3-8-17-16(9-13)10-18(22)21-17/h3-9,12H,10-11H2,1-2H3,(H,20,23)(H,21,22). The first-order valence-corrected chi connectivity index (χ1v) is 7.83. The van der Waals surface area contributed by atoms with Crippen LogP contribution < -0.4 is 10.6 Å². The Hall–Kier alpha value is -2.62. The van der Waals surface area contributed by atoms with Gasteiger partial charge in [0.25, 0.3) is 5.91 Å². The van der Waals surface area contributed by atoms with Crippen molar-refractivity contribution >= 4 is 17.5 Å². The SMILES string of the molecule is CC(C)c1ccc(C(=O)NCc2ccc3c(c2)CC(=O)N3)cc1. The number of carbonyl (C=O) groups is 2. The molecular weight excluding hydrogens is 288 g/mol. The molecule has 2 aromatic carbocycles. The molecule has 4 nitrogen and oxygen atoms in total. The smallest absolute Gasteiger partial charge is 0.251 e. The predicted octanol–water partition coefficient (Wildman–Crippen LogP) is 3.23. The first-order valence-electron chi connectivity index (χ1n) is 7.83. The lowest BCUT2D eigenvalue weighted by Crippen LogP contribution is -2.22. The third-order valence-electron chi connectivity index (χ3n) is 4.09. The van der Waals surface area contributed by atoms with Gasteiger partial charge >= 0.3 is 0 Å². The maximum atomic E-state index is 12.2. The van der Waals surface area contributed by atoms with Crippen LogP contribution in [0.5, 0.6) is 0 Å². The molecule has 0 radical (unpaired) electrons. The maximum Gasteiger partial charge on any atom is 0.251 e. The minimum atomic E-state index is -0.0880. The molecule has 118 valence electrons. The average molecular weight is 308 g/mol. The summed E-state index contributed by atoms with van der Waals surface area (Å²) in [6, 6.07) is 13.5. The molecule has 23 heavy (non-hydrogen) atoms. The van der Waals surface area contributed by atoms with Gasteiger partial charge in [-0.2, -0.15) is 0 Å². The van der Waals surface area contributed by atoms with E-state index in [4.69, 9.17) is 0 Å². The van der Waals surface area contributed by atoms with Crippen LogP contribution >= 0.6 is 0 Å². The van der Waals surface area contributed by atoms with Crippen LogP contribution in [0, 0.1) is 0 Å². The van der Waals surface area contributed by atoms with Crippen LogP contribution in [0.3, 0.4) is 0 Å². The number of nitrogens with one attached hydrogen (secondary N) is 2. The van der Waals surface area contributed by atoms with Crippen LogP contribution in [0.25, 0.3) is 0 Å². The molecule has 0 spiro atoms. The Balaban J connectivity index is 1.63. The van der Waals surface area contributed by atoms with E-state index in [0.29, 0.717) is 24.4 Å². The summed E-state index contributed by atoms with van der Waals surface area (Å²) in [5.74, 6) is 0.385. The van der Waals surface area contributed by atoms with Gasteiger partial charge in [0.15, 0.2) is 0 Å². The van der Waals surface area contributed by atoms with Crippen LogP contribution in [-0.2, 0) is 17.8 Å². The van der Waals surface area contributed by atoms with Crippen molar-refractivity contribution < 1.29 is 9.59 Å². The van der Waals surface area contributed by atoms with Gasteiger partial charge in [-0.05, 0) is 40.8 Å². The van der Waals surface area contributed by atoms with Crippen molar-refractivity contribution in [1.29, 1.82) is 0 Å². The molecule has 0 bridgehead atoms. The lowest BCUT2D eigenvalue weighted by atomic mass is 10.0. The van der Waals surface area contributed by atoms with Gasteiger partial charge in [-0.25, -0.2) is 0 Å². The summed E-state index contributed by atoms with van der Waals surface area (Å²) in [6.45, 7) is 4.71. The topological polar surface area (TPSA) is 58.2 Å². The highest BCUT2D eigenvalue weighted by Crippen LogP contribution is 2.23. The second-order valence-corrected chi connectivity index (χ2v) is 6.18. The number of fused-ring (bicyclic) bond motifs is 1. The van der Waals surface area contributed by atoms with E-state index in [-0.39, 0.29) is 11.8 Å². The Labute approximate surface area is 135 Å². The van der Waals surface area contributed by atoms with E-state index in [1.54, 1.807) is 0 Å². The molecule has 1 heterocycles. The van der Waals surface area contributed by atoms with E-state index in [1.807, 2.05) is 42.5 Å². The number of hydrogen-bond donors (Lipinski definition) is 2. The van der Waals surface area contributed by atoms with E-state index in [9.17, 15) is 9.59 Å². The van der Waals surface area contributed by atoms with Crippen LogP contribution in [0.15, 0.2) is 42.5 Å². The van der Waals surface area contributed by atoms with Crippen LogP contribution in [0.1, 0.15) is 46.8 Å². The van der Waals surface area contributed by atoms with Gasteiger partial charge in [0.1, 0.15) is 0 Å². The number of amides is 2. The van der Waals surface area contributed by atoms with Crippen LogP contribution in [0.2, 0.25) is 0 Å². The molecule has 1 aliphatic rings. The fourth-order valence-corrected chi connectivity index (χ4v) is 2.70. The highest BCUT2D eigenvalue weighted by molar-refractivity contribution is 5.99. The zero-order valence-electron chi connectivity index (χ0n) is 13.3. The van der Waals surface area contributed by atoms with Gasteiger partial charge in [-0.3, -0.25) is 9.59 Å². The summed E-state index contributed by atoms with van der Waals surface area (Å²) < 4.78 is 0. The Morgan fingerprint density at radius 1 is 1.17 bits per heavy atom. The molecule has 2 amide bonds. The number of carbonyl (C=O) groups excluding carboxylic acids is 2. The molecule has 1 aliphatic heterocycles. The minimum Gasteiger partial charge on any atom is -0.348 e. The zero-order chi connectivity index (χ0) is 16.4. The van der Waals surface area contributed by atoms with Gasteiger partial charge in [0.2, 0.25) is 5.91 Å². The largest absolute Gasteiger partial charge is 0.348 e. The van der Waals surface area contributed by atoms with Gasteiger partial charge in [-0.1, -0.05) is 38.1 Å². The summed E-state index contributed by atoms with van der Waals surface area (Å²) in [5, 5.41) is 5.73. The zero-order valence-corrected chi connectivity index (χ0v) is 13.3. The Morgan fingerprint density at radius 3 is 2.61 bits per heavy atom. The van der Waals surface area contributed by atoms with E-state index in [1.165, 1.54) is 5.56 Å². The fourth-order valence-electron chi connectivity index (χ4n) is 2.70. The maximum absolute atomic E-state index is 12.2. The average Bonchev–Trinajstić information content (AvgIpc) is 2.92. The first kappa shape index (κ1) is 15.3. The predicted molar refractivity (Wildman–Crippen MR) is 90.5 cm³/mol. The Morgan fingerprint density at radius 2 is 1.91 bits per heavy atom. The second-order valence-electron chi connectivity index (χ2n) is 6.18. The molecule has 2 aromatic rings. The second kappa shape index (κ2) is 6.24. The summed E-state index contributed by atoms with van der Waals surface area (Å²) >= 11 is 0. The molecule has 0 unspecified atom stereocenters. The van der Waals surface area contributed by atoms with Crippen molar-refractivity contribution in [3.8, 4) is 0 Å². The van der Waals surface area contributed by atoms with Crippen molar-refractivity contribution in [3.63, 3.8) is 0 Å². The normalized spacial score (nSPS) is 12.9. The van der Waals surface area contributed by atoms with Crippen molar-refractivity contribution in [1.82, 2.24) is 5.32 Å². The molecule has 0 fully saturated rings. The summed E-state index contributed by atoms with van der Waals surface area (Å²) in [4.78, 5) is 23.6. The molecule has 0 aliphatic carbocycles. The van der Waals surface area contributed by atoms with Crippen molar-refractivity contribution in [2.75, 3.05) is 5.32 Å². The van der Waals surface area contributed by atoms with Crippen LogP contribution in [0.4, 0.5) is 5.69 Å². The van der Waals surface area contributed by atoms with Crippen LogP contribution in [-0.4, -0.2) is 11.8 Å². The Bertz CT molecular complexity index is 748. The number of anilines is 1. The number of benzene rings is 2. The van der Waals surface area contributed by atoms with Crippen molar-refractivity contribution in [2.24, 2.45) is 0 Å². The lowest BCUT2D eigenvalue weighted by Gasteiger charge is -2.09. The third-order valence-corrected chi connectivity index (χ3v) is 4.09. The fraction of sp³-hybridized carbons (Fsp3) is 0.263.